The van der Waals surface area contributed by atoms with E-state index in [0.717, 1.165) is 0 Å². The number of nitro groups is 2. The molecule has 0 amide bonds. The fourth-order valence-electron chi connectivity index (χ4n) is 2.48. The summed E-state index contributed by atoms with van der Waals surface area (Å²) in [5.41, 5.74) is 2.69. The van der Waals surface area contributed by atoms with Crippen LogP contribution in [0.1, 0.15) is 25.0 Å². The Morgan fingerprint density at radius 1 is 0.833 bits per heavy atom. The molecule has 9 nitrogen and oxygen atoms in total. The van der Waals surface area contributed by atoms with Crippen molar-refractivity contribution in [3.05, 3.63) is 92.0 Å². The molecule has 0 radical (unpaired) electrons. The average molecular weight is 412 g/mol. The summed E-state index contributed by atoms with van der Waals surface area (Å²) in [5, 5.41) is 21.7. The molecule has 0 unspecified atom stereocenters. The highest BCUT2D eigenvalue weighted by molar-refractivity contribution is 5.67. The van der Waals surface area contributed by atoms with Crippen molar-refractivity contribution in [1.29, 1.82) is 0 Å². The molecule has 2 aromatic carbocycles. The van der Waals surface area contributed by atoms with Crippen molar-refractivity contribution >= 4 is 28.7 Å². The van der Waals surface area contributed by atoms with Gasteiger partial charge in [0.2, 0.25) is 0 Å². The molecule has 2 rings (SSSR count). The highest BCUT2D eigenvalue weighted by Crippen LogP contribution is 2.20. The van der Waals surface area contributed by atoms with E-state index in [9.17, 15) is 25.0 Å². The van der Waals surface area contributed by atoms with Crippen molar-refractivity contribution < 1.29 is 24.1 Å². The molecule has 0 saturated heterocycles. The Labute approximate surface area is 172 Å². The van der Waals surface area contributed by atoms with E-state index in [2.05, 4.69) is 0 Å². The Bertz CT molecular complexity index is 932. The molecule has 2 aromatic rings. The molecule has 9 heteroatoms. The quantitative estimate of drug-likeness (QED) is 0.333. The number of non-ortho nitro benzene ring substituents is 2. The second-order valence-corrected chi connectivity index (χ2v) is 6.26. The van der Waals surface area contributed by atoms with E-state index in [1.807, 2.05) is 0 Å². The summed E-state index contributed by atoms with van der Waals surface area (Å²) in [6.45, 7) is 3.39. The van der Waals surface area contributed by atoms with Crippen LogP contribution >= 0.6 is 0 Å². The highest BCUT2D eigenvalue weighted by atomic mass is 16.7. The van der Waals surface area contributed by atoms with Crippen molar-refractivity contribution in [3.8, 4) is 0 Å². The lowest BCUT2D eigenvalue weighted by molar-refractivity contribution is -0.385. The molecule has 156 valence electrons. The topological polar surface area (TPSA) is 122 Å². The first kappa shape index (κ1) is 22.3. The van der Waals surface area contributed by atoms with Crippen LogP contribution in [-0.2, 0) is 9.47 Å². The predicted molar refractivity (Wildman–Crippen MR) is 111 cm³/mol. The predicted octanol–water partition coefficient (Wildman–Crippen LogP) is 5.16. The third-order valence-electron chi connectivity index (χ3n) is 4.21. The molecule has 0 spiro atoms. The van der Waals surface area contributed by atoms with Crippen LogP contribution < -0.4 is 0 Å². The Balaban J connectivity index is 1.85. The molecule has 0 N–H and O–H groups in total. The van der Waals surface area contributed by atoms with E-state index in [0.29, 0.717) is 22.3 Å². The molecule has 0 saturated carbocycles. The summed E-state index contributed by atoms with van der Waals surface area (Å²) in [5.74, 6) is 0. The molecule has 0 aromatic heterocycles. The Kier molecular flexibility index (Phi) is 7.81. The monoisotopic (exact) mass is 412 g/mol. The van der Waals surface area contributed by atoms with Gasteiger partial charge in [0.15, 0.2) is 0 Å². The van der Waals surface area contributed by atoms with Crippen LogP contribution in [0, 0.1) is 20.2 Å². The van der Waals surface area contributed by atoms with Gasteiger partial charge in [-0.25, -0.2) is 4.79 Å². The molecule has 0 aliphatic heterocycles. The van der Waals surface area contributed by atoms with Crippen LogP contribution in [0.4, 0.5) is 16.2 Å². The summed E-state index contributed by atoms with van der Waals surface area (Å²) in [6, 6.07) is 12.3. The third-order valence-corrected chi connectivity index (χ3v) is 4.21. The Morgan fingerprint density at radius 2 is 1.23 bits per heavy atom. The lowest BCUT2D eigenvalue weighted by Crippen LogP contribution is -2.07. The van der Waals surface area contributed by atoms with Gasteiger partial charge in [0.25, 0.3) is 11.4 Å². The van der Waals surface area contributed by atoms with E-state index in [1.165, 1.54) is 24.3 Å². The van der Waals surface area contributed by atoms with Gasteiger partial charge in [-0.3, -0.25) is 20.2 Å². The zero-order valence-electron chi connectivity index (χ0n) is 16.4. The van der Waals surface area contributed by atoms with Crippen molar-refractivity contribution in [3.63, 3.8) is 0 Å². The number of carbonyl (C=O) groups excluding carboxylic acids is 1. The summed E-state index contributed by atoms with van der Waals surface area (Å²) >= 11 is 0. The SMILES string of the molecule is C/C(=C/COC(=O)OC/C=C(/C)c1cccc([N+](=O)[O-])c1)c1cccc([N+](=O)[O-])c1. The summed E-state index contributed by atoms with van der Waals surface area (Å²) < 4.78 is 9.92. The van der Waals surface area contributed by atoms with Crippen LogP contribution in [0.2, 0.25) is 0 Å². The minimum atomic E-state index is -0.874. The smallest absolute Gasteiger partial charge is 0.430 e. The molecule has 0 aliphatic rings. The number of benzene rings is 2. The highest BCUT2D eigenvalue weighted by Gasteiger charge is 2.08. The standard InChI is InChI=1S/C21H20N2O7/c1-15(17-5-3-7-19(13-17)22(25)26)9-11-29-21(24)30-12-10-16(2)18-6-4-8-20(14-18)23(27)28/h3-10,13-14H,11-12H2,1-2H3/b15-9-,16-10-. The number of nitrogens with zero attached hydrogens (tertiary/aromatic N) is 2. The fraction of sp³-hybridized carbons (Fsp3) is 0.190. The molecule has 0 bridgehead atoms. The van der Waals surface area contributed by atoms with E-state index in [1.54, 1.807) is 50.3 Å². The number of hydrogen-bond acceptors (Lipinski definition) is 7. The first-order chi connectivity index (χ1) is 14.3. The first-order valence-electron chi connectivity index (χ1n) is 8.90. The first-order valence-corrected chi connectivity index (χ1v) is 8.90. The lowest BCUT2D eigenvalue weighted by Gasteiger charge is -2.05. The summed E-state index contributed by atoms with van der Waals surface area (Å²) in [6.07, 6.45) is 2.36. The van der Waals surface area contributed by atoms with Crippen LogP contribution in [-0.4, -0.2) is 29.2 Å². The Hall–Kier alpha value is -4.01. The minimum Gasteiger partial charge on any atom is -0.430 e. The van der Waals surface area contributed by atoms with Gasteiger partial charge in [-0.1, -0.05) is 24.3 Å². The van der Waals surface area contributed by atoms with Gasteiger partial charge in [0.05, 0.1) is 9.85 Å². The van der Waals surface area contributed by atoms with Crippen LogP contribution in [0.15, 0.2) is 60.7 Å². The maximum Gasteiger partial charge on any atom is 0.508 e. The van der Waals surface area contributed by atoms with Crippen LogP contribution in [0.25, 0.3) is 11.1 Å². The number of ether oxygens (including phenoxy) is 2. The van der Waals surface area contributed by atoms with Gasteiger partial charge < -0.3 is 9.47 Å². The van der Waals surface area contributed by atoms with Crippen molar-refractivity contribution in [2.45, 2.75) is 13.8 Å². The van der Waals surface area contributed by atoms with Gasteiger partial charge in [-0.15, -0.1) is 0 Å². The molecular formula is C21H20N2O7. The molecule has 0 fully saturated rings. The largest absolute Gasteiger partial charge is 0.508 e. The molecular weight excluding hydrogens is 392 g/mol. The van der Waals surface area contributed by atoms with Gasteiger partial charge in [-0.05, 0) is 48.3 Å². The number of hydrogen-bond donors (Lipinski definition) is 0. The normalized spacial score (nSPS) is 11.7. The minimum absolute atomic E-state index is 0.0218. The molecule has 0 aliphatic carbocycles. The van der Waals surface area contributed by atoms with Crippen molar-refractivity contribution in [2.75, 3.05) is 13.2 Å². The second-order valence-electron chi connectivity index (χ2n) is 6.26. The molecule has 0 atom stereocenters. The molecule has 30 heavy (non-hydrogen) atoms. The average Bonchev–Trinajstić information content (AvgIpc) is 2.73. The van der Waals surface area contributed by atoms with Crippen LogP contribution in [0.5, 0.6) is 0 Å². The van der Waals surface area contributed by atoms with Crippen LogP contribution in [0.3, 0.4) is 0 Å². The van der Waals surface area contributed by atoms with E-state index >= 15 is 0 Å². The van der Waals surface area contributed by atoms with E-state index in [-0.39, 0.29) is 24.6 Å². The van der Waals surface area contributed by atoms with Gasteiger partial charge in [0.1, 0.15) is 13.2 Å². The van der Waals surface area contributed by atoms with Crippen molar-refractivity contribution in [2.24, 2.45) is 0 Å². The maximum absolute atomic E-state index is 11.7. The zero-order valence-corrected chi connectivity index (χ0v) is 16.4. The number of carbonyl (C=O) groups is 1. The van der Waals surface area contributed by atoms with E-state index in [4.69, 9.17) is 9.47 Å². The number of rotatable bonds is 8. The second kappa shape index (κ2) is 10.5. The lowest BCUT2D eigenvalue weighted by atomic mass is 10.1. The van der Waals surface area contributed by atoms with Gasteiger partial charge >= 0.3 is 6.16 Å². The van der Waals surface area contributed by atoms with E-state index < -0.39 is 16.0 Å². The Morgan fingerprint density at radius 3 is 1.60 bits per heavy atom. The number of allylic oxidation sites excluding steroid dienone is 2. The fourth-order valence-corrected chi connectivity index (χ4v) is 2.48. The van der Waals surface area contributed by atoms with Gasteiger partial charge in [-0.2, -0.15) is 0 Å². The molecule has 0 heterocycles. The third kappa shape index (κ3) is 6.55. The number of nitro benzene ring substituents is 2. The van der Waals surface area contributed by atoms with Gasteiger partial charge in [0, 0.05) is 24.3 Å². The maximum atomic E-state index is 11.7. The van der Waals surface area contributed by atoms with Crippen molar-refractivity contribution in [1.82, 2.24) is 0 Å². The zero-order chi connectivity index (χ0) is 22.1. The summed E-state index contributed by atoms with van der Waals surface area (Å²) in [4.78, 5) is 32.4. The summed E-state index contributed by atoms with van der Waals surface area (Å²) in [7, 11) is 0.